The summed E-state index contributed by atoms with van der Waals surface area (Å²) in [4.78, 5) is 5.75. The third-order valence-electron chi connectivity index (χ3n) is 4.03. The summed E-state index contributed by atoms with van der Waals surface area (Å²) in [5.74, 6) is 3.17. The number of pyridine rings is 1. The topological polar surface area (TPSA) is 85.8 Å². The molecule has 1 N–H and O–H groups in total. The summed E-state index contributed by atoms with van der Waals surface area (Å²) in [7, 11) is 0. The molecule has 0 amide bonds. The molecule has 148 valence electrons. The molecule has 0 aliphatic carbocycles. The largest absolute Gasteiger partial charge is 0.494 e. The fraction of sp³-hybridized carbons (Fsp3) is 0.400. The van der Waals surface area contributed by atoms with Gasteiger partial charge in [0.05, 0.1) is 23.8 Å². The van der Waals surface area contributed by atoms with Gasteiger partial charge in [-0.25, -0.2) is 0 Å². The van der Waals surface area contributed by atoms with E-state index in [9.17, 15) is 0 Å². The molecule has 0 aliphatic heterocycles. The van der Waals surface area contributed by atoms with E-state index in [2.05, 4.69) is 32.5 Å². The fourth-order valence-electron chi connectivity index (χ4n) is 2.72. The van der Waals surface area contributed by atoms with E-state index in [-0.39, 0.29) is 0 Å². The van der Waals surface area contributed by atoms with Gasteiger partial charge in [-0.15, -0.1) is 22.0 Å². The van der Waals surface area contributed by atoms with Crippen LogP contribution in [0.1, 0.15) is 33.6 Å². The van der Waals surface area contributed by atoms with Crippen LogP contribution in [0.4, 0.5) is 0 Å². The van der Waals surface area contributed by atoms with E-state index in [1.165, 1.54) is 0 Å². The highest BCUT2D eigenvalue weighted by Gasteiger charge is 2.16. The Morgan fingerprint density at radius 3 is 2.57 bits per heavy atom. The van der Waals surface area contributed by atoms with Gasteiger partial charge >= 0.3 is 0 Å². The Morgan fingerprint density at radius 1 is 1.07 bits per heavy atom. The number of thioether (sulfide) groups is 1. The van der Waals surface area contributed by atoms with E-state index < -0.39 is 0 Å². The minimum absolute atomic E-state index is 0.523. The number of H-pyrrole nitrogens is 1. The van der Waals surface area contributed by atoms with Gasteiger partial charge in [0, 0.05) is 23.4 Å². The van der Waals surface area contributed by atoms with E-state index >= 15 is 0 Å². The van der Waals surface area contributed by atoms with Crippen LogP contribution in [-0.4, -0.2) is 44.6 Å². The molecule has 0 spiro atoms. The van der Waals surface area contributed by atoms with Crippen molar-refractivity contribution in [2.24, 2.45) is 0 Å². The number of ether oxygens (including phenoxy) is 2. The molecule has 0 saturated carbocycles. The van der Waals surface area contributed by atoms with Crippen molar-refractivity contribution in [3.63, 3.8) is 0 Å². The second kappa shape index (κ2) is 10.1. The summed E-state index contributed by atoms with van der Waals surface area (Å²) in [5.41, 5.74) is 2.67. The Morgan fingerprint density at radius 2 is 1.93 bits per heavy atom. The van der Waals surface area contributed by atoms with Gasteiger partial charge in [0.15, 0.2) is 0 Å². The minimum atomic E-state index is 0.523. The molecule has 0 atom stereocenters. The summed E-state index contributed by atoms with van der Waals surface area (Å²) in [6.45, 7) is 7.35. The second-order valence-electron chi connectivity index (χ2n) is 6.03. The zero-order valence-electron chi connectivity index (χ0n) is 16.4. The van der Waals surface area contributed by atoms with Crippen molar-refractivity contribution in [1.29, 1.82) is 0 Å². The first-order valence-corrected chi connectivity index (χ1v) is 10.5. The number of rotatable bonds is 10. The molecule has 0 radical (unpaired) electrons. The van der Waals surface area contributed by atoms with E-state index in [1.54, 1.807) is 18.0 Å². The van der Waals surface area contributed by atoms with Gasteiger partial charge < -0.3 is 9.47 Å². The Hall–Kier alpha value is -2.61. The lowest BCUT2D eigenvalue weighted by Gasteiger charge is -2.17. The normalized spacial score (nSPS) is 10.8. The maximum absolute atomic E-state index is 5.94. The first-order valence-electron chi connectivity index (χ1n) is 9.53. The van der Waals surface area contributed by atoms with Crippen LogP contribution in [0.15, 0.2) is 35.4 Å². The van der Waals surface area contributed by atoms with Crippen LogP contribution in [0, 0.1) is 0 Å². The summed E-state index contributed by atoms with van der Waals surface area (Å²) in [6.07, 6.45) is 4.06. The Balaban J connectivity index is 2.02. The molecular formula is C20H25N5O2S. The van der Waals surface area contributed by atoms with Crippen LogP contribution in [0.5, 0.6) is 11.5 Å². The minimum Gasteiger partial charge on any atom is -0.494 e. The second-order valence-corrected chi connectivity index (χ2v) is 7.14. The zero-order chi connectivity index (χ0) is 19.8. The smallest absolute Gasteiger partial charge is 0.206 e. The number of hydrogen-bond donors (Lipinski definition) is 1. The number of unbranched alkanes of at least 4 members (excludes halogenated alkanes) is 1. The van der Waals surface area contributed by atoms with Gasteiger partial charge in [0.25, 0.3) is 0 Å². The van der Waals surface area contributed by atoms with Gasteiger partial charge in [0.2, 0.25) is 5.82 Å². The van der Waals surface area contributed by atoms with Crippen molar-refractivity contribution in [2.75, 3.05) is 19.0 Å². The zero-order valence-corrected chi connectivity index (χ0v) is 17.3. The van der Waals surface area contributed by atoms with Crippen LogP contribution in [0.25, 0.3) is 22.6 Å². The predicted octanol–water partition coefficient (Wildman–Crippen LogP) is 4.62. The maximum Gasteiger partial charge on any atom is 0.206 e. The van der Waals surface area contributed by atoms with Gasteiger partial charge in [-0.3, -0.25) is 4.98 Å². The molecule has 3 rings (SSSR count). The number of nitrogens with zero attached hydrogens (tertiary/aromatic N) is 4. The number of benzene rings is 1. The number of nitrogens with one attached hydrogen (secondary N) is 1. The SMILES string of the molecule is CCCCSc1c(OCC)cc(OCC)cc1-c1ccc(-c2nn[nH]n2)cn1. The summed E-state index contributed by atoms with van der Waals surface area (Å²) < 4.78 is 11.7. The number of tetrazole rings is 1. The average Bonchev–Trinajstić information content (AvgIpc) is 3.25. The average molecular weight is 400 g/mol. The summed E-state index contributed by atoms with van der Waals surface area (Å²) >= 11 is 1.80. The monoisotopic (exact) mass is 399 g/mol. The lowest BCUT2D eigenvalue weighted by atomic mass is 10.1. The molecule has 2 heterocycles. The molecule has 0 unspecified atom stereocenters. The fourth-order valence-corrected chi connectivity index (χ4v) is 3.93. The molecule has 0 bridgehead atoms. The Labute approximate surface area is 169 Å². The molecule has 8 heteroatoms. The molecule has 28 heavy (non-hydrogen) atoms. The van der Waals surface area contributed by atoms with Crippen molar-refractivity contribution in [3.8, 4) is 34.1 Å². The third-order valence-corrected chi connectivity index (χ3v) is 5.23. The van der Waals surface area contributed by atoms with Gasteiger partial charge in [-0.2, -0.15) is 5.21 Å². The van der Waals surface area contributed by atoms with Crippen molar-refractivity contribution in [2.45, 2.75) is 38.5 Å². The van der Waals surface area contributed by atoms with Gasteiger partial charge in [0.1, 0.15) is 11.5 Å². The van der Waals surface area contributed by atoms with E-state index in [0.29, 0.717) is 19.0 Å². The van der Waals surface area contributed by atoms with E-state index in [4.69, 9.17) is 9.47 Å². The van der Waals surface area contributed by atoms with Gasteiger partial charge in [-0.05, 0) is 49.4 Å². The lowest BCUT2D eigenvalue weighted by molar-refractivity contribution is 0.318. The standard InChI is InChI=1S/C20H25N5O2S/c1-4-7-10-28-19-16(11-15(26-5-2)12-18(19)27-6-3)17-9-8-14(13-21-17)20-22-24-25-23-20/h8-9,11-13H,4-7,10H2,1-3H3,(H,22,23,24,25). The molecule has 3 aromatic rings. The van der Waals surface area contributed by atoms with E-state index in [0.717, 1.165) is 51.8 Å². The molecular weight excluding hydrogens is 374 g/mol. The van der Waals surface area contributed by atoms with Crippen LogP contribution in [0.3, 0.4) is 0 Å². The summed E-state index contributed by atoms with van der Waals surface area (Å²) in [5, 5.41) is 14.1. The quantitative estimate of drug-likeness (QED) is 0.393. The highest BCUT2D eigenvalue weighted by atomic mass is 32.2. The highest BCUT2D eigenvalue weighted by molar-refractivity contribution is 7.99. The number of hydrogen-bond acceptors (Lipinski definition) is 7. The third kappa shape index (κ3) is 4.81. The molecule has 1 aromatic carbocycles. The molecule has 2 aromatic heterocycles. The van der Waals surface area contributed by atoms with Crippen LogP contribution in [0.2, 0.25) is 0 Å². The molecule has 0 fully saturated rings. The first-order chi connectivity index (χ1) is 13.8. The van der Waals surface area contributed by atoms with Crippen LogP contribution in [-0.2, 0) is 0 Å². The number of aromatic nitrogens is 5. The molecule has 0 aliphatic rings. The van der Waals surface area contributed by atoms with Crippen molar-refractivity contribution < 1.29 is 9.47 Å². The van der Waals surface area contributed by atoms with Crippen LogP contribution >= 0.6 is 11.8 Å². The number of aromatic amines is 1. The lowest BCUT2D eigenvalue weighted by Crippen LogP contribution is -2.00. The van der Waals surface area contributed by atoms with Gasteiger partial charge in [-0.1, -0.05) is 13.3 Å². The summed E-state index contributed by atoms with van der Waals surface area (Å²) in [6, 6.07) is 7.92. The van der Waals surface area contributed by atoms with E-state index in [1.807, 2.05) is 38.1 Å². The predicted molar refractivity (Wildman–Crippen MR) is 111 cm³/mol. The van der Waals surface area contributed by atoms with Crippen molar-refractivity contribution in [3.05, 3.63) is 30.5 Å². The maximum atomic E-state index is 5.94. The Kier molecular flexibility index (Phi) is 7.25. The van der Waals surface area contributed by atoms with Crippen molar-refractivity contribution >= 4 is 11.8 Å². The van der Waals surface area contributed by atoms with Crippen molar-refractivity contribution in [1.82, 2.24) is 25.6 Å². The Bertz CT molecular complexity index is 869. The molecule has 7 nitrogen and oxygen atoms in total. The highest BCUT2D eigenvalue weighted by Crippen LogP contribution is 2.42. The molecule has 0 saturated heterocycles. The first kappa shape index (κ1) is 20.1. The van der Waals surface area contributed by atoms with Crippen LogP contribution < -0.4 is 9.47 Å².